The molecule has 3 atom stereocenters. The Morgan fingerprint density at radius 3 is 2.78 bits per heavy atom. The third-order valence-electron chi connectivity index (χ3n) is 3.72. The zero-order valence-electron chi connectivity index (χ0n) is 11.9. The van der Waals surface area contributed by atoms with E-state index in [0.717, 1.165) is 25.7 Å². The molecule has 1 aliphatic rings. The summed E-state index contributed by atoms with van der Waals surface area (Å²) < 4.78 is 11.3. The molecule has 4 nitrogen and oxygen atoms in total. The third-order valence-corrected chi connectivity index (χ3v) is 3.72. The average molecular weight is 259 g/mol. The van der Waals surface area contributed by atoms with Gasteiger partial charge in [0.1, 0.15) is 6.10 Å². The summed E-state index contributed by atoms with van der Waals surface area (Å²) in [5.41, 5.74) is 5.61. The smallest absolute Gasteiger partial charge is 0.101 e. The minimum absolute atomic E-state index is 0.205. The fourth-order valence-corrected chi connectivity index (χ4v) is 2.51. The molecule has 0 saturated heterocycles. The van der Waals surface area contributed by atoms with E-state index >= 15 is 0 Å². The number of hydrogen-bond donors (Lipinski definition) is 2. The van der Waals surface area contributed by atoms with Crippen molar-refractivity contribution < 1.29 is 14.6 Å². The van der Waals surface area contributed by atoms with Crippen LogP contribution in [0.25, 0.3) is 0 Å². The van der Waals surface area contributed by atoms with E-state index in [1.807, 2.05) is 0 Å². The molecule has 0 heterocycles. The highest BCUT2D eigenvalue weighted by atomic mass is 16.5. The van der Waals surface area contributed by atoms with E-state index in [0.29, 0.717) is 32.3 Å². The second-order valence-electron chi connectivity index (χ2n) is 5.63. The van der Waals surface area contributed by atoms with Crippen LogP contribution >= 0.6 is 0 Å². The lowest BCUT2D eigenvalue weighted by Gasteiger charge is -2.29. The predicted molar refractivity (Wildman–Crippen MR) is 72.5 cm³/mol. The maximum atomic E-state index is 9.79. The first kappa shape index (κ1) is 15.9. The van der Waals surface area contributed by atoms with E-state index in [1.165, 1.54) is 6.42 Å². The first-order valence-electron chi connectivity index (χ1n) is 7.21. The molecule has 0 amide bonds. The standard InChI is InChI=1S/C14H29NO3/c1-3-4-7-17-9-13(16)10-18-14(11-15)6-5-12(2)8-14/h12-13,16H,3-11,15H2,1-2H3. The minimum atomic E-state index is -0.541. The molecule has 1 rings (SSSR count). The van der Waals surface area contributed by atoms with Crippen molar-refractivity contribution in [2.75, 3.05) is 26.4 Å². The number of ether oxygens (including phenoxy) is 2. The lowest BCUT2D eigenvalue weighted by atomic mass is 10.0. The summed E-state index contributed by atoms with van der Waals surface area (Å²) in [5, 5.41) is 9.79. The summed E-state index contributed by atoms with van der Waals surface area (Å²) in [6, 6.07) is 0. The molecule has 0 aromatic carbocycles. The summed E-state index contributed by atoms with van der Waals surface area (Å²) in [6.07, 6.45) is 4.79. The van der Waals surface area contributed by atoms with Gasteiger partial charge in [-0.25, -0.2) is 0 Å². The maximum Gasteiger partial charge on any atom is 0.101 e. The molecule has 3 N–H and O–H groups in total. The van der Waals surface area contributed by atoms with Gasteiger partial charge in [0, 0.05) is 13.2 Å². The minimum Gasteiger partial charge on any atom is -0.388 e. The quantitative estimate of drug-likeness (QED) is 0.619. The second kappa shape index (κ2) is 8.10. The van der Waals surface area contributed by atoms with Crippen molar-refractivity contribution in [2.24, 2.45) is 11.7 Å². The van der Waals surface area contributed by atoms with E-state index in [-0.39, 0.29) is 5.60 Å². The summed E-state index contributed by atoms with van der Waals surface area (Å²) in [5.74, 6) is 0.673. The largest absolute Gasteiger partial charge is 0.388 e. The van der Waals surface area contributed by atoms with Gasteiger partial charge in [-0.05, 0) is 31.6 Å². The molecule has 0 aromatic rings. The van der Waals surface area contributed by atoms with Gasteiger partial charge >= 0.3 is 0 Å². The Labute approximate surface area is 111 Å². The highest BCUT2D eigenvalue weighted by Crippen LogP contribution is 2.36. The van der Waals surface area contributed by atoms with Crippen molar-refractivity contribution in [3.8, 4) is 0 Å². The SMILES string of the molecule is CCCCOCC(O)COC1(CN)CCC(C)C1. The average Bonchev–Trinajstić information content (AvgIpc) is 2.75. The van der Waals surface area contributed by atoms with Crippen LogP contribution in [0.15, 0.2) is 0 Å². The Morgan fingerprint density at radius 1 is 1.44 bits per heavy atom. The summed E-state index contributed by atoms with van der Waals surface area (Å²) in [7, 11) is 0. The Kier molecular flexibility index (Phi) is 7.15. The summed E-state index contributed by atoms with van der Waals surface area (Å²) in [4.78, 5) is 0. The molecule has 18 heavy (non-hydrogen) atoms. The molecule has 3 unspecified atom stereocenters. The molecule has 0 aliphatic heterocycles. The van der Waals surface area contributed by atoms with E-state index in [2.05, 4.69) is 13.8 Å². The topological polar surface area (TPSA) is 64.7 Å². The van der Waals surface area contributed by atoms with Gasteiger partial charge in [0.2, 0.25) is 0 Å². The first-order chi connectivity index (χ1) is 8.62. The van der Waals surface area contributed by atoms with Crippen molar-refractivity contribution in [3.63, 3.8) is 0 Å². The lowest BCUT2D eigenvalue weighted by Crippen LogP contribution is -2.41. The summed E-state index contributed by atoms with van der Waals surface area (Å²) in [6.45, 7) is 6.29. The van der Waals surface area contributed by atoms with E-state index in [1.54, 1.807) is 0 Å². The lowest BCUT2D eigenvalue weighted by molar-refractivity contribution is -0.0895. The highest BCUT2D eigenvalue weighted by molar-refractivity contribution is 4.90. The molecule has 1 aliphatic carbocycles. The van der Waals surface area contributed by atoms with E-state index < -0.39 is 6.10 Å². The molecule has 0 aromatic heterocycles. The molecule has 0 spiro atoms. The molecule has 1 fully saturated rings. The van der Waals surface area contributed by atoms with Gasteiger partial charge in [-0.1, -0.05) is 20.3 Å². The number of aliphatic hydroxyl groups excluding tert-OH is 1. The van der Waals surface area contributed by atoms with Crippen LogP contribution < -0.4 is 5.73 Å². The zero-order chi connectivity index (χ0) is 13.4. The monoisotopic (exact) mass is 259 g/mol. The summed E-state index contributed by atoms with van der Waals surface area (Å²) >= 11 is 0. The van der Waals surface area contributed by atoms with Crippen molar-refractivity contribution in [3.05, 3.63) is 0 Å². The Morgan fingerprint density at radius 2 is 2.22 bits per heavy atom. The van der Waals surface area contributed by atoms with Crippen LogP contribution in [-0.4, -0.2) is 43.2 Å². The Hall–Kier alpha value is -0.160. The first-order valence-corrected chi connectivity index (χ1v) is 7.21. The normalized spacial score (nSPS) is 29.7. The van der Waals surface area contributed by atoms with E-state index in [4.69, 9.17) is 15.2 Å². The molecular formula is C14H29NO3. The molecule has 4 heteroatoms. The molecule has 108 valence electrons. The van der Waals surface area contributed by atoms with Crippen molar-refractivity contribution in [1.29, 1.82) is 0 Å². The molecule has 0 bridgehead atoms. The van der Waals surface area contributed by atoms with Gasteiger partial charge in [0.25, 0.3) is 0 Å². The number of hydrogen-bond acceptors (Lipinski definition) is 4. The van der Waals surface area contributed by atoms with Crippen LogP contribution in [0.1, 0.15) is 46.0 Å². The maximum absolute atomic E-state index is 9.79. The molecule has 1 saturated carbocycles. The Balaban J connectivity index is 2.18. The fraction of sp³-hybridized carbons (Fsp3) is 1.00. The Bertz CT molecular complexity index is 225. The molecule has 0 radical (unpaired) electrons. The third kappa shape index (κ3) is 5.22. The van der Waals surface area contributed by atoms with Crippen molar-refractivity contribution in [2.45, 2.75) is 57.7 Å². The van der Waals surface area contributed by atoms with Crippen LogP contribution in [0, 0.1) is 5.92 Å². The van der Waals surface area contributed by atoms with Gasteiger partial charge in [-0.3, -0.25) is 0 Å². The molecular weight excluding hydrogens is 230 g/mol. The van der Waals surface area contributed by atoms with Gasteiger partial charge < -0.3 is 20.3 Å². The zero-order valence-corrected chi connectivity index (χ0v) is 11.9. The number of unbranched alkanes of at least 4 members (excludes halogenated alkanes) is 1. The van der Waals surface area contributed by atoms with Crippen LogP contribution in [0.5, 0.6) is 0 Å². The van der Waals surface area contributed by atoms with Crippen molar-refractivity contribution in [1.82, 2.24) is 0 Å². The van der Waals surface area contributed by atoms with Gasteiger partial charge in [-0.15, -0.1) is 0 Å². The van der Waals surface area contributed by atoms with Gasteiger partial charge in [0.15, 0.2) is 0 Å². The van der Waals surface area contributed by atoms with Crippen LogP contribution in [0.3, 0.4) is 0 Å². The van der Waals surface area contributed by atoms with Crippen LogP contribution in [0.2, 0.25) is 0 Å². The fourth-order valence-electron chi connectivity index (χ4n) is 2.51. The van der Waals surface area contributed by atoms with Crippen molar-refractivity contribution >= 4 is 0 Å². The van der Waals surface area contributed by atoms with Crippen LogP contribution in [-0.2, 0) is 9.47 Å². The second-order valence-corrected chi connectivity index (χ2v) is 5.63. The van der Waals surface area contributed by atoms with Crippen LogP contribution in [0.4, 0.5) is 0 Å². The number of aliphatic hydroxyl groups is 1. The number of rotatable bonds is 9. The number of nitrogens with two attached hydrogens (primary N) is 1. The van der Waals surface area contributed by atoms with Gasteiger partial charge in [-0.2, -0.15) is 0 Å². The van der Waals surface area contributed by atoms with Gasteiger partial charge in [0.05, 0.1) is 18.8 Å². The van der Waals surface area contributed by atoms with E-state index in [9.17, 15) is 5.11 Å². The highest BCUT2D eigenvalue weighted by Gasteiger charge is 2.37. The predicted octanol–water partition coefficient (Wildman–Crippen LogP) is 1.70.